The quantitative estimate of drug-likeness (QED) is 0.419. The van der Waals surface area contributed by atoms with Crippen LogP contribution in [0.5, 0.6) is 0 Å². The summed E-state index contributed by atoms with van der Waals surface area (Å²) < 4.78 is 41.9. The van der Waals surface area contributed by atoms with Gasteiger partial charge in [-0.3, -0.25) is 9.71 Å². The minimum absolute atomic E-state index is 0.0634. The smallest absolute Gasteiger partial charge is 0.261 e. The van der Waals surface area contributed by atoms with Crippen molar-refractivity contribution in [2.75, 3.05) is 10.0 Å². The first kappa shape index (κ1) is 21.9. The first-order valence-electron chi connectivity index (χ1n) is 9.88. The molecule has 33 heavy (non-hydrogen) atoms. The Balaban J connectivity index is 1.78. The number of sulfonamides is 1. The summed E-state index contributed by atoms with van der Waals surface area (Å²) in [6.07, 6.45) is 3.31. The van der Waals surface area contributed by atoms with Gasteiger partial charge in [-0.1, -0.05) is 18.2 Å². The molecule has 2 N–H and O–H groups in total. The lowest BCUT2D eigenvalue weighted by atomic mass is 10.1. The molecule has 0 bridgehead atoms. The van der Waals surface area contributed by atoms with E-state index in [0.29, 0.717) is 12.1 Å². The number of rotatable bonds is 7. The molecular formula is C24H18FN5O2S. The highest BCUT2D eigenvalue weighted by Gasteiger charge is 2.20. The maximum atomic E-state index is 13.5. The van der Waals surface area contributed by atoms with E-state index in [9.17, 15) is 18.1 Å². The summed E-state index contributed by atoms with van der Waals surface area (Å²) in [6.45, 7) is 0.377. The van der Waals surface area contributed by atoms with Crippen molar-refractivity contribution in [2.45, 2.75) is 11.4 Å². The molecule has 0 fully saturated rings. The van der Waals surface area contributed by atoms with Gasteiger partial charge in [-0.2, -0.15) is 5.26 Å². The number of nitriles is 1. The van der Waals surface area contributed by atoms with Crippen molar-refractivity contribution in [2.24, 2.45) is 0 Å². The second-order valence-corrected chi connectivity index (χ2v) is 8.71. The molecule has 2 heterocycles. The number of nitrogens with zero attached hydrogens (tertiary/aromatic N) is 3. The van der Waals surface area contributed by atoms with Crippen LogP contribution in [0.4, 0.5) is 15.9 Å². The zero-order valence-corrected chi connectivity index (χ0v) is 18.1. The predicted octanol–water partition coefficient (Wildman–Crippen LogP) is 4.57. The summed E-state index contributed by atoms with van der Waals surface area (Å²) in [6, 6.07) is 20.5. The fourth-order valence-corrected chi connectivity index (χ4v) is 4.21. The van der Waals surface area contributed by atoms with Crippen molar-refractivity contribution in [3.63, 3.8) is 0 Å². The maximum Gasteiger partial charge on any atom is 0.261 e. The number of anilines is 2. The third-order valence-corrected chi connectivity index (χ3v) is 6.15. The van der Waals surface area contributed by atoms with E-state index in [1.54, 1.807) is 30.6 Å². The normalized spacial score (nSPS) is 10.9. The molecule has 0 aliphatic carbocycles. The number of benzene rings is 2. The van der Waals surface area contributed by atoms with E-state index in [1.807, 2.05) is 12.1 Å². The van der Waals surface area contributed by atoms with Gasteiger partial charge in [-0.25, -0.2) is 17.8 Å². The van der Waals surface area contributed by atoms with Gasteiger partial charge in [0.2, 0.25) is 0 Å². The molecule has 0 amide bonds. The van der Waals surface area contributed by atoms with Crippen LogP contribution in [0.15, 0.2) is 90.1 Å². The van der Waals surface area contributed by atoms with Crippen LogP contribution < -0.4 is 10.0 Å². The molecule has 0 aliphatic heterocycles. The van der Waals surface area contributed by atoms with Gasteiger partial charge in [0.15, 0.2) is 0 Å². The van der Waals surface area contributed by atoms with Gasteiger partial charge in [0.1, 0.15) is 17.7 Å². The minimum Gasteiger partial charge on any atom is -0.365 e. The van der Waals surface area contributed by atoms with Crippen molar-refractivity contribution < 1.29 is 12.8 Å². The standard InChI is InChI=1S/C24H18FN5O2S/c25-20-8-6-18(7-9-20)23-22(30-33(31,32)21-4-2-1-3-5-21)14-19(15-26)24(29-23)28-16-17-10-12-27-13-11-17/h1-14,30H,16H2,(H,28,29). The summed E-state index contributed by atoms with van der Waals surface area (Å²) in [5.41, 5.74) is 1.93. The van der Waals surface area contributed by atoms with Gasteiger partial charge in [0.05, 0.1) is 21.8 Å². The Bertz CT molecular complexity index is 1410. The van der Waals surface area contributed by atoms with Gasteiger partial charge in [-0.15, -0.1) is 0 Å². The van der Waals surface area contributed by atoms with Crippen molar-refractivity contribution in [1.29, 1.82) is 5.26 Å². The van der Waals surface area contributed by atoms with Crippen molar-refractivity contribution >= 4 is 21.5 Å². The van der Waals surface area contributed by atoms with Crippen LogP contribution in [-0.4, -0.2) is 18.4 Å². The highest BCUT2D eigenvalue weighted by molar-refractivity contribution is 7.92. The van der Waals surface area contributed by atoms with E-state index in [0.717, 1.165) is 5.56 Å². The topological polar surface area (TPSA) is 108 Å². The molecule has 4 rings (SSSR count). The van der Waals surface area contributed by atoms with Crippen LogP contribution in [0.1, 0.15) is 11.1 Å². The van der Waals surface area contributed by atoms with E-state index in [4.69, 9.17) is 0 Å². The minimum atomic E-state index is -3.95. The molecule has 0 radical (unpaired) electrons. The van der Waals surface area contributed by atoms with E-state index in [-0.39, 0.29) is 27.7 Å². The summed E-state index contributed by atoms with van der Waals surface area (Å²) in [5.74, 6) is -0.161. The largest absolute Gasteiger partial charge is 0.365 e. The molecular weight excluding hydrogens is 441 g/mol. The number of nitrogens with one attached hydrogen (secondary N) is 2. The molecule has 0 aliphatic rings. The highest BCUT2D eigenvalue weighted by Crippen LogP contribution is 2.32. The third-order valence-electron chi connectivity index (χ3n) is 4.77. The van der Waals surface area contributed by atoms with Crippen molar-refractivity contribution in [1.82, 2.24) is 9.97 Å². The van der Waals surface area contributed by atoms with Crippen LogP contribution in [0.2, 0.25) is 0 Å². The molecule has 2 aromatic carbocycles. The highest BCUT2D eigenvalue weighted by atomic mass is 32.2. The molecule has 7 nitrogen and oxygen atoms in total. The van der Waals surface area contributed by atoms with Crippen LogP contribution >= 0.6 is 0 Å². The second-order valence-electron chi connectivity index (χ2n) is 7.03. The molecule has 0 atom stereocenters. The Hall–Kier alpha value is -4.29. The van der Waals surface area contributed by atoms with Gasteiger partial charge in [0.25, 0.3) is 10.0 Å². The Morgan fingerprint density at radius 2 is 1.67 bits per heavy atom. The number of hydrogen-bond donors (Lipinski definition) is 2. The molecule has 9 heteroatoms. The monoisotopic (exact) mass is 459 g/mol. The number of aromatic nitrogens is 2. The van der Waals surface area contributed by atoms with Crippen LogP contribution in [0.3, 0.4) is 0 Å². The molecule has 0 saturated carbocycles. The van der Waals surface area contributed by atoms with Gasteiger partial charge in [0, 0.05) is 24.5 Å². The summed E-state index contributed by atoms with van der Waals surface area (Å²) >= 11 is 0. The maximum absolute atomic E-state index is 13.5. The van der Waals surface area contributed by atoms with E-state index >= 15 is 0 Å². The summed E-state index contributed by atoms with van der Waals surface area (Å²) in [5, 5.41) is 12.8. The third kappa shape index (κ3) is 5.14. The van der Waals surface area contributed by atoms with Crippen LogP contribution in [-0.2, 0) is 16.6 Å². The zero-order valence-electron chi connectivity index (χ0n) is 17.2. The average Bonchev–Trinajstić information content (AvgIpc) is 2.84. The zero-order chi connectivity index (χ0) is 23.3. The first-order chi connectivity index (χ1) is 16.0. The molecule has 4 aromatic rings. The van der Waals surface area contributed by atoms with E-state index in [1.165, 1.54) is 42.5 Å². The van der Waals surface area contributed by atoms with Gasteiger partial charge in [-0.05, 0) is 60.2 Å². The lowest BCUT2D eigenvalue weighted by Crippen LogP contribution is -2.15. The number of hydrogen-bond acceptors (Lipinski definition) is 6. The first-order valence-corrected chi connectivity index (χ1v) is 11.4. The fraction of sp³-hybridized carbons (Fsp3) is 0.0417. The average molecular weight is 460 g/mol. The molecule has 164 valence electrons. The van der Waals surface area contributed by atoms with Crippen molar-refractivity contribution in [3.8, 4) is 17.3 Å². The summed E-state index contributed by atoms with van der Waals surface area (Å²) in [4.78, 5) is 8.58. The fourth-order valence-electron chi connectivity index (χ4n) is 3.13. The second kappa shape index (κ2) is 9.46. The molecule has 0 unspecified atom stereocenters. The number of pyridine rings is 2. The van der Waals surface area contributed by atoms with Gasteiger partial charge >= 0.3 is 0 Å². The summed E-state index contributed by atoms with van der Waals surface area (Å²) in [7, 11) is -3.95. The van der Waals surface area contributed by atoms with Crippen molar-refractivity contribution in [3.05, 3.63) is 102 Å². The van der Waals surface area contributed by atoms with E-state index in [2.05, 4.69) is 26.1 Å². The van der Waals surface area contributed by atoms with Crippen LogP contribution in [0, 0.1) is 17.1 Å². The lowest BCUT2D eigenvalue weighted by molar-refractivity contribution is 0.601. The van der Waals surface area contributed by atoms with Gasteiger partial charge < -0.3 is 5.32 Å². The molecule has 0 spiro atoms. The molecule has 2 aromatic heterocycles. The Morgan fingerprint density at radius 3 is 2.33 bits per heavy atom. The predicted molar refractivity (Wildman–Crippen MR) is 123 cm³/mol. The Morgan fingerprint density at radius 1 is 0.970 bits per heavy atom. The number of halogens is 1. The SMILES string of the molecule is N#Cc1cc(NS(=O)(=O)c2ccccc2)c(-c2ccc(F)cc2)nc1NCc1ccncc1. The van der Waals surface area contributed by atoms with Crippen LogP contribution in [0.25, 0.3) is 11.3 Å². The molecule has 0 saturated heterocycles. The van der Waals surface area contributed by atoms with E-state index < -0.39 is 15.8 Å². The lowest BCUT2D eigenvalue weighted by Gasteiger charge is -2.16. The Labute approximate surface area is 190 Å². The Kier molecular flexibility index (Phi) is 6.29.